The van der Waals surface area contributed by atoms with Gasteiger partial charge in [-0.3, -0.25) is 4.79 Å². The van der Waals surface area contributed by atoms with Crippen molar-refractivity contribution in [1.29, 1.82) is 0 Å². The Morgan fingerprint density at radius 1 is 1.33 bits per heavy atom. The number of carboxylic acid groups (broad SMARTS) is 1. The van der Waals surface area contributed by atoms with Crippen LogP contribution in [-0.2, 0) is 4.79 Å². The zero-order valence-electron chi connectivity index (χ0n) is 8.69. The lowest BCUT2D eigenvalue weighted by atomic mass is 9.96. The van der Waals surface area contributed by atoms with Crippen LogP contribution in [0.2, 0.25) is 0 Å². The number of aliphatic hydroxyl groups excluding tert-OH is 1. The van der Waals surface area contributed by atoms with Crippen molar-refractivity contribution in [2.75, 3.05) is 0 Å². The van der Waals surface area contributed by atoms with E-state index < -0.39 is 12.1 Å². The number of aliphatic hydroxyl groups is 1. The normalized spacial score (nSPS) is 12.5. The molecule has 1 aromatic carbocycles. The van der Waals surface area contributed by atoms with E-state index >= 15 is 0 Å². The van der Waals surface area contributed by atoms with Gasteiger partial charge in [0.2, 0.25) is 0 Å². The molecule has 0 saturated carbocycles. The molecule has 0 aliphatic carbocycles. The molecule has 0 heterocycles. The van der Waals surface area contributed by atoms with Crippen LogP contribution in [0.3, 0.4) is 0 Å². The summed E-state index contributed by atoms with van der Waals surface area (Å²) in [6.07, 6.45) is -1.35. The molecule has 4 nitrogen and oxygen atoms in total. The van der Waals surface area contributed by atoms with E-state index in [4.69, 9.17) is 5.11 Å². The fourth-order valence-electron chi connectivity index (χ4n) is 1.74. The molecule has 0 amide bonds. The molecule has 0 saturated heterocycles. The summed E-state index contributed by atoms with van der Waals surface area (Å²) in [6.45, 7) is 3.46. The molecule has 0 radical (unpaired) electrons. The van der Waals surface area contributed by atoms with Crippen LogP contribution in [0.25, 0.3) is 0 Å². The van der Waals surface area contributed by atoms with E-state index in [1.807, 2.05) is 0 Å². The molecule has 0 bridgehead atoms. The summed E-state index contributed by atoms with van der Waals surface area (Å²) in [7, 11) is 0. The molecular formula is C11H14O4. The highest BCUT2D eigenvalue weighted by atomic mass is 16.4. The third-order valence-electron chi connectivity index (χ3n) is 2.28. The summed E-state index contributed by atoms with van der Waals surface area (Å²) < 4.78 is 0. The third kappa shape index (κ3) is 2.70. The van der Waals surface area contributed by atoms with Gasteiger partial charge < -0.3 is 15.3 Å². The Kier molecular flexibility index (Phi) is 3.31. The minimum Gasteiger partial charge on any atom is -0.508 e. The van der Waals surface area contributed by atoms with Gasteiger partial charge in [-0.2, -0.15) is 0 Å². The maximum Gasteiger partial charge on any atom is 0.306 e. The van der Waals surface area contributed by atoms with Crippen molar-refractivity contribution < 1.29 is 20.1 Å². The zero-order chi connectivity index (χ0) is 11.6. The molecule has 82 valence electrons. The number of phenolic OH excluding ortho intramolecular Hbond substituents is 1. The molecule has 0 aliphatic rings. The first-order valence-electron chi connectivity index (χ1n) is 4.61. The van der Waals surface area contributed by atoms with Crippen LogP contribution in [0, 0.1) is 13.8 Å². The Labute approximate surface area is 87.8 Å². The van der Waals surface area contributed by atoms with Gasteiger partial charge in [0.05, 0.1) is 12.5 Å². The monoisotopic (exact) mass is 210 g/mol. The van der Waals surface area contributed by atoms with Crippen LogP contribution in [0.4, 0.5) is 0 Å². The number of benzene rings is 1. The Bertz CT molecular complexity index is 361. The summed E-state index contributed by atoms with van der Waals surface area (Å²) >= 11 is 0. The molecule has 1 aromatic rings. The van der Waals surface area contributed by atoms with Gasteiger partial charge >= 0.3 is 5.97 Å². The molecule has 15 heavy (non-hydrogen) atoms. The van der Waals surface area contributed by atoms with E-state index in [1.54, 1.807) is 13.8 Å². The molecule has 0 spiro atoms. The summed E-state index contributed by atoms with van der Waals surface area (Å²) in [5, 5.41) is 27.5. The standard InChI is InChI=1S/C11H14O4/c1-6-3-8(12)4-7(2)11(6)9(13)5-10(14)15/h3-4,9,12-13H,5H2,1-2H3,(H,14,15)/t9-/m1/s1. The Balaban J connectivity index is 3.08. The first-order valence-corrected chi connectivity index (χ1v) is 4.61. The first kappa shape index (κ1) is 11.5. The lowest BCUT2D eigenvalue weighted by Crippen LogP contribution is -2.08. The highest BCUT2D eigenvalue weighted by Crippen LogP contribution is 2.27. The van der Waals surface area contributed by atoms with Gasteiger partial charge in [-0.15, -0.1) is 0 Å². The van der Waals surface area contributed by atoms with Crippen LogP contribution in [0.1, 0.15) is 29.2 Å². The minimum absolute atomic E-state index is 0.122. The van der Waals surface area contributed by atoms with Crippen LogP contribution in [0.5, 0.6) is 5.75 Å². The number of aliphatic carboxylic acids is 1. The quantitative estimate of drug-likeness (QED) is 0.706. The largest absolute Gasteiger partial charge is 0.508 e. The van der Waals surface area contributed by atoms with Crippen LogP contribution in [-0.4, -0.2) is 21.3 Å². The van der Waals surface area contributed by atoms with Crippen molar-refractivity contribution in [2.24, 2.45) is 0 Å². The van der Waals surface area contributed by atoms with Crippen molar-refractivity contribution in [3.05, 3.63) is 28.8 Å². The summed E-state index contributed by atoms with van der Waals surface area (Å²) in [5.74, 6) is -0.925. The first-order chi connectivity index (χ1) is 6.91. The average molecular weight is 210 g/mol. The van der Waals surface area contributed by atoms with Crippen molar-refractivity contribution >= 4 is 5.97 Å². The number of carboxylic acids is 1. The lowest BCUT2D eigenvalue weighted by molar-refractivity contribution is -0.139. The Hall–Kier alpha value is -1.55. The van der Waals surface area contributed by atoms with Gasteiger partial charge in [-0.1, -0.05) is 0 Å². The number of hydrogen-bond donors (Lipinski definition) is 3. The lowest BCUT2D eigenvalue weighted by Gasteiger charge is -2.15. The molecule has 0 unspecified atom stereocenters. The summed E-state index contributed by atoms with van der Waals surface area (Å²) in [5.41, 5.74) is 1.97. The zero-order valence-corrected chi connectivity index (χ0v) is 8.69. The van der Waals surface area contributed by atoms with Crippen LogP contribution >= 0.6 is 0 Å². The highest BCUT2D eigenvalue weighted by molar-refractivity contribution is 5.68. The predicted octanol–water partition coefficient (Wildman–Crippen LogP) is 1.52. The van der Waals surface area contributed by atoms with E-state index in [9.17, 15) is 15.0 Å². The predicted molar refractivity (Wildman–Crippen MR) is 54.8 cm³/mol. The van der Waals surface area contributed by atoms with Gasteiger partial charge in [0.25, 0.3) is 0 Å². The molecule has 0 fully saturated rings. The van der Waals surface area contributed by atoms with Gasteiger partial charge in [-0.05, 0) is 42.7 Å². The van der Waals surface area contributed by atoms with Gasteiger partial charge in [0.15, 0.2) is 0 Å². The maximum absolute atomic E-state index is 10.5. The number of phenols is 1. The number of hydrogen-bond acceptors (Lipinski definition) is 3. The van der Waals surface area contributed by atoms with E-state index in [1.165, 1.54) is 12.1 Å². The Morgan fingerprint density at radius 2 is 1.80 bits per heavy atom. The number of aromatic hydroxyl groups is 1. The molecule has 3 N–H and O–H groups in total. The number of rotatable bonds is 3. The number of aryl methyl sites for hydroxylation is 2. The van der Waals surface area contributed by atoms with E-state index in [0.29, 0.717) is 16.7 Å². The van der Waals surface area contributed by atoms with Crippen molar-refractivity contribution in [1.82, 2.24) is 0 Å². The van der Waals surface area contributed by atoms with E-state index in [0.717, 1.165) is 0 Å². The van der Waals surface area contributed by atoms with E-state index in [2.05, 4.69) is 0 Å². The van der Waals surface area contributed by atoms with Gasteiger partial charge in [0.1, 0.15) is 5.75 Å². The minimum atomic E-state index is -1.05. The van der Waals surface area contributed by atoms with Gasteiger partial charge in [0, 0.05) is 0 Å². The second-order valence-electron chi connectivity index (χ2n) is 3.61. The third-order valence-corrected chi connectivity index (χ3v) is 2.28. The van der Waals surface area contributed by atoms with Crippen molar-refractivity contribution in [2.45, 2.75) is 26.4 Å². The Morgan fingerprint density at radius 3 is 2.20 bits per heavy atom. The molecule has 0 aliphatic heterocycles. The smallest absolute Gasteiger partial charge is 0.306 e. The molecule has 4 heteroatoms. The summed E-state index contributed by atoms with van der Waals surface area (Å²) in [6, 6.07) is 3.01. The molecule has 1 atom stereocenters. The van der Waals surface area contributed by atoms with E-state index in [-0.39, 0.29) is 12.2 Å². The van der Waals surface area contributed by atoms with Crippen molar-refractivity contribution in [3.63, 3.8) is 0 Å². The molecule has 0 aromatic heterocycles. The fourth-order valence-corrected chi connectivity index (χ4v) is 1.74. The fraction of sp³-hybridized carbons (Fsp3) is 0.364. The maximum atomic E-state index is 10.5. The second-order valence-corrected chi connectivity index (χ2v) is 3.61. The van der Waals surface area contributed by atoms with Crippen LogP contribution < -0.4 is 0 Å². The topological polar surface area (TPSA) is 77.8 Å². The molecule has 1 rings (SSSR count). The SMILES string of the molecule is Cc1cc(O)cc(C)c1[C@H](O)CC(=O)O. The average Bonchev–Trinajstić information content (AvgIpc) is 1.99. The number of carbonyl (C=O) groups is 1. The van der Waals surface area contributed by atoms with Crippen molar-refractivity contribution in [3.8, 4) is 5.75 Å². The molecular weight excluding hydrogens is 196 g/mol. The van der Waals surface area contributed by atoms with Crippen LogP contribution in [0.15, 0.2) is 12.1 Å². The summed E-state index contributed by atoms with van der Waals surface area (Å²) in [4.78, 5) is 10.5. The van der Waals surface area contributed by atoms with Gasteiger partial charge in [-0.25, -0.2) is 0 Å². The second kappa shape index (κ2) is 4.31. The highest BCUT2D eigenvalue weighted by Gasteiger charge is 2.17.